The number of methoxy groups -OCH3 is 2. The molecule has 124 valence electrons. The molecule has 5 heteroatoms. The lowest BCUT2D eigenvalue weighted by atomic mass is 10.0. The lowest BCUT2D eigenvalue weighted by molar-refractivity contribution is 0.356. The molecule has 0 bridgehead atoms. The summed E-state index contributed by atoms with van der Waals surface area (Å²) in [5.74, 6) is 1.32. The van der Waals surface area contributed by atoms with Crippen LogP contribution in [0.5, 0.6) is 11.5 Å². The second-order valence-corrected chi connectivity index (χ2v) is 5.67. The highest BCUT2D eigenvalue weighted by Crippen LogP contribution is 2.38. The normalized spacial score (nSPS) is 11.0. The van der Waals surface area contributed by atoms with Gasteiger partial charge < -0.3 is 15.2 Å². The highest BCUT2D eigenvalue weighted by Gasteiger charge is 2.14. The summed E-state index contributed by atoms with van der Waals surface area (Å²) in [6.45, 7) is 0. The van der Waals surface area contributed by atoms with Crippen molar-refractivity contribution < 1.29 is 9.47 Å². The van der Waals surface area contributed by atoms with E-state index in [-0.39, 0.29) is 0 Å². The fourth-order valence-corrected chi connectivity index (χ4v) is 3.09. The zero-order valence-electron chi connectivity index (χ0n) is 14.0. The smallest absolute Gasteiger partial charge is 0.170 e. The summed E-state index contributed by atoms with van der Waals surface area (Å²) >= 11 is 0. The van der Waals surface area contributed by atoms with Crippen LogP contribution >= 0.6 is 0 Å². The predicted molar refractivity (Wildman–Crippen MR) is 100.0 cm³/mol. The highest BCUT2D eigenvalue weighted by molar-refractivity contribution is 6.09. The molecule has 2 aromatic carbocycles. The van der Waals surface area contributed by atoms with E-state index in [1.165, 1.54) is 0 Å². The van der Waals surface area contributed by atoms with Crippen LogP contribution in [0.25, 0.3) is 33.1 Å². The molecular weight excluding hydrogens is 314 g/mol. The van der Waals surface area contributed by atoms with Gasteiger partial charge in [0.15, 0.2) is 11.5 Å². The number of nitrogen functional groups attached to an aromatic ring is 1. The van der Waals surface area contributed by atoms with Crippen LogP contribution in [-0.4, -0.2) is 24.2 Å². The number of para-hydroxylation sites is 1. The lowest BCUT2D eigenvalue weighted by Gasteiger charge is -2.13. The van der Waals surface area contributed by atoms with Crippen LogP contribution < -0.4 is 15.2 Å². The first-order chi connectivity index (χ1) is 12.2. The van der Waals surface area contributed by atoms with E-state index in [4.69, 9.17) is 20.2 Å². The van der Waals surface area contributed by atoms with Crippen molar-refractivity contribution in [2.24, 2.45) is 0 Å². The molecule has 0 unspecified atom stereocenters. The lowest BCUT2D eigenvalue weighted by Crippen LogP contribution is -1.96. The van der Waals surface area contributed by atoms with Crippen molar-refractivity contribution in [1.29, 1.82) is 0 Å². The van der Waals surface area contributed by atoms with Crippen molar-refractivity contribution in [2.45, 2.75) is 0 Å². The molecule has 0 fully saturated rings. The molecule has 2 N–H and O–H groups in total. The van der Waals surface area contributed by atoms with E-state index in [1.807, 2.05) is 48.5 Å². The van der Waals surface area contributed by atoms with Crippen molar-refractivity contribution in [1.82, 2.24) is 9.97 Å². The Morgan fingerprint density at radius 2 is 1.80 bits per heavy atom. The average Bonchev–Trinajstić information content (AvgIpc) is 2.67. The molecule has 4 aromatic rings. The number of pyridine rings is 2. The first kappa shape index (κ1) is 15.2. The Balaban J connectivity index is 2.03. The topological polar surface area (TPSA) is 70.3 Å². The Bertz CT molecular complexity index is 1090. The maximum Gasteiger partial charge on any atom is 0.170 e. The molecule has 25 heavy (non-hydrogen) atoms. The molecule has 0 aliphatic heterocycles. The Morgan fingerprint density at radius 1 is 0.920 bits per heavy atom. The molecule has 4 rings (SSSR count). The SMILES string of the molecule is COc1cccc(-c2ccc3c(N)cc4cccnc4c3n2)c1OC. The van der Waals surface area contributed by atoms with Crippen molar-refractivity contribution >= 4 is 27.5 Å². The maximum atomic E-state index is 6.20. The maximum absolute atomic E-state index is 6.20. The molecule has 0 aliphatic rings. The summed E-state index contributed by atoms with van der Waals surface area (Å²) < 4.78 is 10.9. The molecule has 0 spiro atoms. The first-order valence-electron chi connectivity index (χ1n) is 7.88. The Hall–Kier alpha value is -3.34. The third-order valence-electron chi connectivity index (χ3n) is 4.26. The monoisotopic (exact) mass is 331 g/mol. The van der Waals surface area contributed by atoms with Crippen LogP contribution in [0.3, 0.4) is 0 Å². The standard InChI is InChI=1S/C20H17N3O2/c1-24-17-7-3-6-14(20(17)25-2)16-9-8-13-15(21)11-12-5-4-10-22-18(12)19(13)23-16/h3-11H,21H2,1-2H3. The van der Waals surface area contributed by atoms with Crippen LogP contribution in [0, 0.1) is 0 Å². The van der Waals surface area contributed by atoms with E-state index in [2.05, 4.69) is 4.98 Å². The average molecular weight is 331 g/mol. The van der Waals surface area contributed by atoms with Crippen molar-refractivity contribution in [3.63, 3.8) is 0 Å². The van der Waals surface area contributed by atoms with Gasteiger partial charge in [0.05, 0.1) is 30.9 Å². The van der Waals surface area contributed by atoms with Gasteiger partial charge in [-0.1, -0.05) is 12.1 Å². The third-order valence-corrected chi connectivity index (χ3v) is 4.26. The minimum atomic E-state index is 0.651. The minimum Gasteiger partial charge on any atom is -0.493 e. The van der Waals surface area contributed by atoms with Crippen LogP contribution in [0.2, 0.25) is 0 Å². The number of hydrogen-bond acceptors (Lipinski definition) is 5. The van der Waals surface area contributed by atoms with Crippen molar-refractivity contribution in [3.8, 4) is 22.8 Å². The van der Waals surface area contributed by atoms with Gasteiger partial charge >= 0.3 is 0 Å². The van der Waals surface area contributed by atoms with Crippen molar-refractivity contribution in [2.75, 3.05) is 20.0 Å². The van der Waals surface area contributed by atoms with Crippen LogP contribution in [0.4, 0.5) is 5.69 Å². The zero-order valence-corrected chi connectivity index (χ0v) is 14.0. The van der Waals surface area contributed by atoms with Gasteiger partial charge in [0.25, 0.3) is 0 Å². The number of fused-ring (bicyclic) bond motifs is 3. The molecular formula is C20H17N3O2. The molecule has 5 nitrogen and oxygen atoms in total. The van der Waals surface area contributed by atoms with E-state index in [9.17, 15) is 0 Å². The Labute approximate surface area is 145 Å². The highest BCUT2D eigenvalue weighted by atomic mass is 16.5. The molecule has 2 heterocycles. The number of nitrogens with two attached hydrogens (primary N) is 1. The van der Waals surface area contributed by atoms with Gasteiger partial charge in [-0.15, -0.1) is 0 Å². The zero-order chi connectivity index (χ0) is 17.4. The molecule has 0 aliphatic carbocycles. The third kappa shape index (κ3) is 2.41. The molecule has 0 amide bonds. The predicted octanol–water partition coefficient (Wildman–Crippen LogP) is 4.05. The second-order valence-electron chi connectivity index (χ2n) is 5.67. The van der Waals surface area contributed by atoms with E-state index in [0.29, 0.717) is 17.2 Å². The molecule has 0 radical (unpaired) electrons. The van der Waals surface area contributed by atoms with Gasteiger partial charge in [0.1, 0.15) is 0 Å². The number of rotatable bonds is 3. The minimum absolute atomic E-state index is 0.651. The largest absolute Gasteiger partial charge is 0.493 e. The van der Waals surface area contributed by atoms with Gasteiger partial charge in [-0.05, 0) is 36.4 Å². The van der Waals surface area contributed by atoms with E-state index >= 15 is 0 Å². The van der Waals surface area contributed by atoms with Gasteiger partial charge in [-0.2, -0.15) is 0 Å². The van der Waals surface area contributed by atoms with E-state index < -0.39 is 0 Å². The number of ether oxygens (including phenoxy) is 2. The van der Waals surface area contributed by atoms with Crippen LogP contribution in [0.15, 0.2) is 54.7 Å². The van der Waals surface area contributed by atoms with Gasteiger partial charge in [-0.3, -0.25) is 4.98 Å². The number of nitrogens with zero attached hydrogens (tertiary/aromatic N) is 2. The van der Waals surface area contributed by atoms with Gasteiger partial charge in [0, 0.05) is 28.2 Å². The Kier molecular flexibility index (Phi) is 3.61. The number of benzene rings is 2. The van der Waals surface area contributed by atoms with Crippen LogP contribution in [0.1, 0.15) is 0 Å². The summed E-state index contributed by atoms with van der Waals surface area (Å²) in [5, 5.41) is 1.85. The molecule has 0 saturated heterocycles. The van der Waals surface area contributed by atoms with E-state index in [1.54, 1.807) is 20.4 Å². The van der Waals surface area contributed by atoms with Gasteiger partial charge in [0.2, 0.25) is 0 Å². The molecule has 0 saturated carbocycles. The second kappa shape index (κ2) is 5.94. The fraction of sp³-hybridized carbons (Fsp3) is 0.100. The van der Waals surface area contributed by atoms with E-state index in [0.717, 1.165) is 33.1 Å². The number of anilines is 1. The van der Waals surface area contributed by atoms with Gasteiger partial charge in [-0.25, -0.2) is 4.98 Å². The quantitative estimate of drug-likeness (QED) is 0.453. The number of hydrogen-bond donors (Lipinski definition) is 1. The summed E-state index contributed by atoms with van der Waals surface area (Å²) in [7, 11) is 3.24. The summed E-state index contributed by atoms with van der Waals surface area (Å²) in [6.07, 6.45) is 1.76. The van der Waals surface area contributed by atoms with Crippen molar-refractivity contribution in [3.05, 3.63) is 54.7 Å². The first-order valence-corrected chi connectivity index (χ1v) is 7.88. The number of aromatic nitrogens is 2. The Morgan fingerprint density at radius 3 is 2.60 bits per heavy atom. The summed E-state index contributed by atoms with van der Waals surface area (Å²) in [5.41, 5.74) is 10.1. The van der Waals surface area contributed by atoms with Crippen LogP contribution in [-0.2, 0) is 0 Å². The molecule has 2 aromatic heterocycles. The fourth-order valence-electron chi connectivity index (χ4n) is 3.09. The molecule has 0 atom stereocenters. The summed E-state index contributed by atoms with van der Waals surface area (Å²) in [4.78, 5) is 9.33. The summed E-state index contributed by atoms with van der Waals surface area (Å²) in [6, 6.07) is 15.4.